The number of hydrogen-bond acceptors (Lipinski definition) is 5. The fourth-order valence-corrected chi connectivity index (χ4v) is 2.66. The van der Waals surface area contributed by atoms with Crippen molar-refractivity contribution in [3.05, 3.63) is 65.2 Å². The van der Waals surface area contributed by atoms with E-state index in [1.807, 2.05) is 0 Å². The second-order valence-corrected chi connectivity index (χ2v) is 6.91. The van der Waals surface area contributed by atoms with Gasteiger partial charge in [0.2, 0.25) is 9.84 Å². The maximum absolute atomic E-state index is 12.4. The average molecular weight is 368 g/mol. The highest BCUT2D eigenvalue weighted by Gasteiger charge is 2.26. The lowest BCUT2D eigenvalue weighted by molar-refractivity contribution is -0.255. The Labute approximate surface area is 142 Å². The van der Waals surface area contributed by atoms with Gasteiger partial charge in [0.15, 0.2) is 0 Å². The van der Waals surface area contributed by atoms with Crippen LogP contribution in [0.4, 0.5) is 8.78 Å². The lowest BCUT2D eigenvalue weighted by Gasteiger charge is -2.08. The highest BCUT2D eigenvalue weighted by molar-refractivity contribution is 7.91. The van der Waals surface area contributed by atoms with Gasteiger partial charge in [-0.3, -0.25) is 4.79 Å². The Bertz CT molecular complexity index is 878. The molecular formula is C16H12F2NO5S-. The smallest absolute Gasteiger partial charge is 0.341 e. The van der Waals surface area contributed by atoms with Crippen LogP contribution in [0.3, 0.4) is 0 Å². The van der Waals surface area contributed by atoms with Crippen LogP contribution in [-0.2, 0) is 16.4 Å². The van der Waals surface area contributed by atoms with Crippen LogP contribution in [0.2, 0.25) is 0 Å². The summed E-state index contributed by atoms with van der Waals surface area (Å²) in [5.41, 5.74) is 0.737. The summed E-state index contributed by atoms with van der Waals surface area (Å²) in [6, 6.07) is 9.80. The first-order valence-electron chi connectivity index (χ1n) is 6.92. The van der Waals surface area contributed by atoms with Gasteiger partial charge in [0.25, 0.3) is 5.91 Å². The molecule has 0 aromatic heterocycles. The van der Waals surface area contributed by atoms with Crippen molar-refractivity contribution >= 4 is 21.7 Å². The maximum atomic E-state index is 12.4. The van der Waals surface area contributed by atoms with Crippen LogP contribution >= 0.6 is 0 Å². The molecule has 0 aliphatic heterocycles. The Morgan fingerprint density at radius 1 is 0.960 bits per heavy atom. The number of carbonyl (C=O) groups is 2. The molecule has 0 aliphatic rings. The van der Waals surface area contributed by atoms with E-state index in [0.717, 1.165) is 24.3 Å². The third kappa shape index (κ3) is 4.38. The minimum absolute atomic E-state index is 0.00547. The van der Waals surface area contributed by atoms with E-state index in [2.05, 4.69) is 5.32 Å². The van der Waals surface area contributed by atoms with E-state index in [-0.39, 0.29) is 17.7 Å². The fraction of sp³-hybridized carbons (Fsp3) is 0.125. The molecule has 0 fully saturated rings. The van der Waals surface area contributed by atoms with Crippen LogP contribution in [0.1, 0.15) is 26.3 Å². The molecule has 0 unspecified atom stereocenters. The number of sulfone groups is 1. The first-order chi connectivity index (χ1) is 11.7. The SMILES string of the molecule is O=C([O-])c1ccc(CNC(=O)c2ccc(S(=O)(=O)C(F)F)cc2)cc1. The van der Waals surface area contributed by atoms with E-state index in [9.17, 15) is 31.9 Å². The van der Waals surface area contributed by atoms with Crippen molar-refractivity contribution < 1.29 is 31.9 Å². The number of hydrogen-bond donors (Lipinski definition) is 1. The molecule has 1 amide bonds. The van der Waals surface area contributed by atoms with Gasteiger partial charge < -0.3 is 15.2 Å². The molecule has 0 saturated carbocycles. The van der Waals surface area contributed by atoms with Gasteiger partial charge in [-0.1, -0.05) is 24.3 Å². The Balaban J connectivity index is 2.02. The number of carboxylic acid groups (broad SMARTS) is 1. The predicted molar refractivity (Wildman–Crippen MR) is 81.6 cm³/mol. The van der Waals surface area contributed by atoms with E-state index in [1.54, 1.807) is 0 Å². The van der Waals surface area contributed by atoms with Crippen molar-refractivity contribution in [3.63, 3.8) is 0 Å². The van der Waals surface area contributed by atoms with Gasteiger partial charge in [-0.15, -0.1) is 0 Å². The van der Waals surface area contributed by atoms with Gasteiger partial charge in [0.1, 0.15) is 0 Å². The van der Waals surface area contributed by atoms with E-state index < -0.39 is 32.4 Å². The van der Waals surface area contributed by atoms with Crippen molar-refractivity contribution in [2.24, 2.45) is 0 Å². The minimum Gasteiger partial charge on any atom is -0.545 e. The Morgan fingerprint density at radius 3 is 1.96 bits per heavy atom. The predicted octanol–water partition coefficient (Wildman–Crippen LogP) is 0.976. The van der Waals surface area contributed by atoms with E-state index in [4.69, 9.17) is 0 Å². The summed E-state index contributed by atoms with van der Waals surface area (Å²) in [5.74, 6) is -5.38. The number of carbonyl (C=O) groups excluding carboxylic acids is 2. The first kappa shape index (κ1) is 18.5. The van der Waals surface area contributed by atoms with Gasteiger partial charge in [0.05, 0.1) is 10.9 Å². The van der Waals surface area contributed by atoms with Gasteiger partial charge in [-0.25, -0.2) is 8.42 Å². The first-order valence-corrected chi connectivity index (χ1v) is 8.47. The third-order valence-corrected chi connectivity index (χ3v) is 4.72. The van der Waals surface area contributed by atoms with Crippen LogP contribution in [0.5, 0.6) is 0 Å². The zero-order chi connectivity index (χ0) is 18.6. The summed E-state index contributed by atoms with van der Waals surface area (Å²) in [6.07, 6.45) is 0. The summed E-state index contributed by atoms with van der Waals surface area (Å²) in [4.78, 5) is 22.0. The second kappa shape index (κ2) is 7.39. The summed E-state index contributed by atoms with van der Waals surface area (Å²) >= 11 is 0. The molecule has 0 heterocycles. The fourth-order valence-electron chi connectivity index (χ4n) is 1.94. The molecule has 25 heavy (non-hydrogen) atoms. The molecule has 2 aromatic carbocycles. The molecule has 2 aromatic rings. The maximum Gasteiger partial charge on any atom is 0.341 e. The van der Waals surface area contributed by atoms with Crippen LogP contribution in [-0.4, -0.2) is 26.1 Å². The molecule has 0 radical (unpaired) electrons. The topological polar surface area (TPSA) is 103 Å². The molecule has 6 nitrogen and oxygen atoms in total. The summed E-state index contributed by atoms with van der Waals surface area (Å²) in [6.45, 7) is 0.100. The van der Waals surface area contributed by atoms with Crippen molar-refractivity contribution in [3.8, 4) is 0 Å². The zero-order valence-corrected chi connectivity index (χ0v) is 13.4. The number of alkyl halides is 2. The Kier molecular flexibility index (Phi) is 5.48. The third-order valence-electron chi connectivity index (χ3n) is 3.32. The molecule has 9 heteroatoms. The molecule has 1 N–H and O–H groups in total. The molecular weight excluding hydrogens is 356 g/mol. The van der Waals surface area contributed by atoms with Gasteiger partial charge in [0, 0.05) is 12.1 Å². The van der Waals surface area contributed by atoms with E-state index >= 15 is 0 Å². The molecule has 0 saturated heterocycles. The molecule has 0 aliphatic carbocycles. The molecule has 0 atom stereocenters. The van der Waals surface area contributed by atoms with Gasteiger partial charge in [-0.05, 0) is 35.4 Å². The Morgan fingerprint density at radius 2 is 1.48 bits per heavy atom. The molecule has 0 bridgehead atoms. The van der Waals surface area contributed by atoms with Crippen LogP contribution in [0.25, 0.3) is 0 Å². The number of aromatic carboxylic acids is 1. The van der Waals surface area contributed by atoms with Crippen molar-refractivity contribution in [2.75, 3.05) is 0 Å². The Hall–Kier alpha value is -2.81. The molecule has 132 valence electrons. The average Bonchev–Trinajstić information content (AvgIpc) is 2.60. The number of rotatable bonds is 6. The van der Waals surface area contributed by atoms with E-state index in [0.29, 0.717) is 5.56 Å². The summed E-state index contributed by atoms with van der Waals surface area (Å²) in [5, 5.41) is 13.2. The minimum atomic E-state index is -4.70. The van der Waals surface area contributed by atoms with Crippen LogP contribution in [0.15, 0.2) is 53.4 Å². The second-order valence-electron chi connectivity index (χ2n) is 5.00. The molecule has 0 spiro atoms. The standard InChI is InChI=1S/C16H13F2NO5S/c17-16(18)25(23,24)13-7-5-11(6-8-13)14(20)19-9-10-1-3-12(4-2-10)15(21)22/h1-8,16H,9H2,(H,19,20)(H,21,22)/p-1. The zero-order valence-electron chi connectivity index (χ0n) is 12.6. The van der Waals surface area contributed by atoms with Gasteiger partial charge in [-0.2, -0.15) is 8.78 Å². The number of halogens is 2. The lowest BCUT2D eigenvalue weighted by Crippen LogP contribution is -2.24. The van der Waals surface area contributed by atoms with Crippen LogP contribution in [0, 0.1) is 0 Å². The number of benzene rings is 2. The number of carboxylic acids is 1. The van der Waals surface area contributed by atoms with Gasteiger partial charge >= 0.3 is 5.76 Å². The van der Waals surface area contributed by atoms with Crippen LogP contribution < -0.4 is 10.4 Å². The van der Waals surface area contributed by atoms with Crippen molar-refractivity contribution in [1.82, 2.24) is 5.32 Å². The summed E-state index contributed by atoms with van der Waals surface area (Å²) < 4.78 is 47.5. The normalized spacial score (nSPS) is 11.3. The summed E-state index contributed by atoms with van der Waals surface area (Å²) in [7, 11) is -4.70. The van der Waals surface area contributed by atoms with Crippen molar-refractivity contribution in [2.45, 2.75) is 17.2 Å². The number of amides is 1. The highest BCUT2D eigenvalue weighted by Crippen LogP contribution is 2.18. The van der Waals surface area contributed by atoms with E-state index in [1.165, 1.54) is 24.3 Å². The highest BCUT2D eigenvalue weighted by atomic mass is 32.2. The monoisotopic (exact) mass is 368 g/mol. The number of nitrogens with one attached hydrogen (secondary N) is 1. The quantitative estimate of drug-likeness (QED) is 0.819. The largest absolute Gasteiger partial charge is 0.545 e. The lowest BCUT2D eigenvalue weighted by atomic mass is 10.1. The van der Waals surface area contributed by atoms with Crippen molar-refractivity contribution in [1.29, 1.82) is 0 Å². The molecule has 2 rings (SSSR count).